The highest BCUT2D eigenvalue weighted by molar-refractivity contribution is 7.90. The maximum Gasteiger partial charge on any atom is 0.218 e. The lowest BCUT2D eigenvalue weighted by Crippen LogP contribution is -2.34. The molecule has 0 amide bonds. The molecule has 0 aliphatic carbocycles. The molecule has 1 N–H and O–H groups in total. The lowest BCUT2D eigenvalue weighted by atomic mass is 10.1. The molecule has 27 heavy (non-hydrogen) atoms. The Labute approximate surface area is 157 Å². The van der Waals surface area contributed by atoms with Gasteiger partial charge in [-0.1, -0.05) is 0 Å². The van der Waals surface area contributed by atoms with Crippen LogP contribution in [0.5, 0.6) is 5.88 Å². The van der Waals surface area contributed by atoms with Crippen LogP contribution in [0.15, 0.2) is 29.4 Å². The van der Waals surface area contributed by atoms with Crippen molar-refractivity contribution in [3.8, 4) is 5.88 Å². The number of ether oxygens (including phenoxy) is 1. The summed E-state index contributed by atoms with van der Waals surface area (Å²) in [5, 5.41) is 3.28. The van der Waals surface area contributed by atoms with E-state index in [0.29, 0.717) is 35.9 Å². The molecule has 0 radical (unpaired) electrons. The first kappa shape index (κ1) is 18.1. The van der Waals surface area contributed by atoms with Gasteiger partial charge in [0.15, 0.2) is 9.84 Å². The van der Waals surface area contributed by atoms with Crippen LogP contribution in [0.1, 0.15) is 18.4 Å². The highest BCUT2D eigenvalue weighted by Gasteiger charge is 2.28. The monoisotopic (exact) mass is 392 g/mol. The first-order chi connectivity index (χ1) is 12.9. The van der Waals surface area contributed by atoms with Crippen LogP contribution in [0.2, 0.25) is 0 Å². The van der Waals surface area contributed by atoms with Crippen LogP contribution in [0.3, 0.4) is 0 Å². The lowest BCUT2D eigenvalue weighted by molar-refractivity contribution is 0.156. The van der Waals surface area contributed by atoms with Crippen LogP contribution in [-0.4, -0.2) is 50.4 Å². The number of fused-ring (bicyclic) bond motifs is 1. The fourth-order valence-corrected chi connectivity index (χ4v) is 4.21. The number of halogens is 1. The molecule has 4 rings (SSSR count). The van der Waals surface area contributed by atoms with Gasteiger partial charge in [0, 0.05) is 18.9 Å². The van der Waals surface area contributed by atoms with E-state index in [9.17, 15) is 12.8 Å². The van der Waals surface area contributed by atoms with Crippen LogP contribution in [0, 0.1) is 5.82 Å². The Kier molecular flexibility index (Phi) is 4.73. The van der Waals surface area contributed by atoms with E-state index in [1.54, 1.807) is 17.0 Å². The number of aromatic nitrogens is 2. The van der Waals surface area contributed by atoms with Crippen LogP contribution >= 0.6 is 0 Å². The summed E-state index contributed by atoms with van der Waals surface area (Å²) in [7, 11) is -3.46. The van der Waals surface area contributed by atoms with E-state index in [2.05, 4.69) is 15.3 Å². The average Bonchev–Trinajstić information content (AvgIpc) is 3.07. The number of hydrogen-bond donors (Lipinski definition) is 1. The molecule has 1 fully saturated rings. The number of rotatable bonds is 4. The van der Waals surface area contributed by atoms with E-state index in [0.717, 1.165) is 38.3 Å². The van der Waals surface area contributed by atoms with Crippen molar-refractivity contribution in [1.29, 1.82) is 0 Å². The molecule has 0 atom stereocenters. The minimum Gasteiger partial charge on any atom is -0.474 e. The largest absolute Gasteiger partial charge is 0.474 e. The normalized spacial score (nSPS) is 17.8. The van der Waals surface area contributed by atoms with Gasteiger partial charge in [-0.25, -0.2) is 22.8 Å². The van der Waals surface area contributed by atoms with Crippen LogP contribution in [-0.2, 0) is 16.3 Å². The zero-order valence-electron chi connectivity index (χ0n) is 15.0. The van der Waals surface area contributed by atoms with E-state index in [4.69, 9.17) is 4.74 Å². The number of hydrogen-bond acceptors (Lipinski definition) is 7. The predicted molar refractivity (Wildman–Crippen MR) is 98.8 cm³/mol. The molecule has 1 aromatic carbocycles. The molecule has 9 heteroatoms. The quantitative estimate of drug-likeness (QED) is 0.850. The summed E-state index contributed by atoms with van der Waals surface area (Å²) >= 11 is 0. The summed E-state index contributed by atoms with van der Waals surface area (Å²) in [4.78, 5) is 10.2. The van der Waals surface area contributed by atoms with Gasteiger partial charge < -0.3 is 15.0 Å². The van der Waals surface area contributed by atoms with Crippen molar-refractivity contribution in [1.82, 2.24) is 15.3 Å². The number of piperidine rings is 1. The van der Waals surface area contributed by atoms with Gasteiger partial charge in [0.1, 0.15) is 24.1 Å². The molecular weight excluding hydrogens is 371 g/mol. The Balaban J connectivity index is 1.62. The SMILES string of the molecule is CS(=O)(=O)c1cc(F)c2c(c1)CCN2c1cc(OC2CCNCC2)ncn1. The maximum atomic E-state index is 14.7. The van der Waals surface area contributed by atoms with E-state index >= 15 is 0 Å². The molecule has 0 saturated carbocycles. The molecule has 1 aromatic heterocycles. The Morgan fingerprint density at radius 2 is 2.00 bits per heavy atom. The second kappa shape index (κ2) is 7.05. The Morgan fingerprint density at radius 3 is 2.74 bits per heavy atom. The van der Waals surface area contributed by atoms with Crippen molar-refractivity contribution < 1.29 is 17.5 Å². The van der Waals surface area contributed by atoms with Gasteiger partial charge in [-0.3, -0.25) is 0 Å². The molecule has 1 saturated heterocycles. The smallest absolute Gasteiger partial charge is 0.218 e. The zero-order chi connectivity index (χ0) is 19.0. The van der Waals surface area contributed by atoms with Gasteiger partial charge >= 0.3 is 0 Å². The molecule has 0 unspecified atom stereocenters. The molecule has 0 bridgehead atoms. The fraction of sp³-hybridized carbons (Fsp3) is 0.444. The predicted octanol–water partition coefficient (Wildman–Crippen LogP) is 1.84. The fourth-order valence-electron chi connectivity index (χ4n) is 3.53. The van der Waals surface area contributed by atoms with Gasteiger partial charge in [0.25, 0.3) is 0 Å². The first-order valence-corrected chi connectivity index (χ1v) is 10.8. The molecule has 144 valence electrons. The first-order valence-electron chi connectivity index (χ1n) is 8.91. The summed E-state index contributed by atoms with van der Waals surface area (Å²) in [6.07, 6.45) is 4.96. The number of anilines is 2. The Morgan fingerprint density at radius 1 is 1.22 bits per heavy atom. The molecule has 3 heterocycles. The van der Waals surface area contributed by atoms with Crippen molar-refractivity contribution in [2.24, 2.45) is 0 Å². The number of benzene rings is 1. The third kappa shape index (κ3) is 3.74. The van der Waals surface area contributed by atoms with Crippen LogP contribution in [0.4, 0.5) is 15.9 Å². The van der Waals surface area contributed by atoms with Gasteiger partial charge in [-0.2, -0.15) is 0 Å². The summed E-state index contributed by atoms with van der Waals surface area (Å²) in [5.41, 5.74) is 1.03. The third-order valence-electron chi connectivity index (χ3n) is 4.90. The molecule has 2 aliphatic rings. The number of nitrogens with one attached hydrogen (secondary N) is 1. The van der Waals surface area contributed by atoms with Gasteiger partial charge in [0.2, 0.25) is 5.88 Å². The Bertz CT molecular complexity index is 961. The standard InChI is InChI=1S/C18H21FN4O3S/c1-27(24,25)14-8-12-4-7-23(18(12)15(19)9-14)16-10-17(22-11-21-16)26-13-2-5-20-6-3-13/h8-11,13,20H,2-7H2,1H3. The summed E-state index contributed by atoms with van der Waals surface area (Å²) in [6.45, 7) is 2.34. The molecule has 0 spiro atoms. The summed E-state index contributed by atoms with van der Waals surface area (Å²) in [6, 6.07) is 4.32. The van der Waals surface area contributed by atoms with Gasteiger partial charge in [-0.05, 0) is 50.0 Å². The average molecular weight is 392 g/mol. The molecule has 2 aromatic rings. The maximum absolute atomic E-state index is 14.7. The lowest BCUT2D eigenvalue weighted by Gasteiger charge is -2.24. The minimum atomic E-state index is -3.46. The second-order valence-electron chi connectivity index (χ2n) is 6.87. The zero-order valence-corrected chi connectivity index (χ0v) is 15.8. The number of nitrogens with zero attached hydrogens (tertiary/aromatic N) is 3. The minimum absolute atomic E-state index is 0.00165. The molecule has 7 nitrogen and oxygen atoms in total. The summed E-state index contributed by atoms with van der Waals surface area (Å²) < 4.78 is 44.1. The van der Waals surface area contributed by atoms with Gasteiger partial charge in [-0.15, -0.1) is 0 Å². The van der Waals surface area contributed by atoms with Crippen LogP contribution in [0.25, 0.3) is 0 Å². The van der Waals surface area contributed by atoms with E-state index in [-0.39, 0.29) is 11.0 Å². The second-order valence-corrected chi connectivity index (χ2v) is 8.88. The highest BCUT2D eigenvalue weighted by atomic mass is 32.2. The van der Waals surface area contributed by atoms with E-state index < -0.39 is 15.7 Å². The Hall–Kier alpha value is -2.26. The van der Waals surface area contributed by atoms with Gasteiger partial charge in [0.05, 0.1) is 10.6 Å². The van der Waals surface area contributed by atoms with Crippen molar-refractivity contribution in [2.45, 2.75) is 30.3 Å². The van der Waals surface area contributed by atoms with Crippen LogP contribution < -0.4 is 15.0 Å². The van der Waals surface area contributed by atoms with E-state index in [1.165, 1.54) is 6.33 Å². The topological polar surface area (TPSA) is 84.4 Å². The van der Waals surface area contributed by atoms with Crippen molar-refractivity contribution >= 4 is 21.3 Å². The molecule has 2 aliphatic heterocycles. The summed E-state index contributed by atoms with van der Waals surface area (Å²) in [5.74, 6) is 0.442. The number of sulfone groups is 1. The van der Waals surface area contributed by atoms with Crippen molar-refractivity contribution in [3.05, 3.63) is 35.9 Å². The molecular formula is C18H21FN4O3S. The highest BCUT2D eigenvalue weighted by Crippen LogP contribution is 2.38. The van der Waals surface area contributed by atoms with Crippen molar-refractivity contribution in [2.75, 3.05) is 30.8 Å². The van der Waals surface area contributed by atoms with E-state index in [1.807, 2.05) is 0 Å². The van der Waals surface area contributed by atoms with Crippen molar-refractivity contribution in [3.63, 3.8) is 0 Å². The third-order valence-corrected chi connectivity index (χ3v) is 5.99.